The average molecular weight is 222 g/mol. The maximum Gasteiger partial charge on any atom is 0.184 e. The lowest BCUT2D eigenvalue weighted by Crippen LogP contribution is -1.85. The molecule has 0 spiro atoms. The topological polar surface area (TPSA) is 67.6 Å². The maximum atomic E-state index is 5.92. The number of thiophene rings is 1. The molecule has 3 N–H and O–H groups in total. The number of H-pyrrole nitrogens is 1. The Hall–Kier alpha value is -1.36. The third-order valence-electron chi connectivity index (χ3n) is 2.27. The maximum absolute atomic E-state index is 5.92. The molecule has 0 aromatic carbocycles. The van der Waals surface area contributed by atoms with Gasteiger partial charge in [-0.15, -0.1) is 11.3 Å². The van der Waals surface area contributed by atoms with Crippen LogP contribution in [0.25, 0.3) is 11.4 Å². The van der Waals surface area contributed by atoms with Crippen molar-refractivity contribution in [1.29, 1.82) is 0 Å². The summed E-state index contributed by atoms with van der Waals surface area (Å²) >= 11 is 1.61. The fourth-order valence-electron chi connectivity index (χ4n) is 1.38. The molecule has 4 nitrogen and oxygen atoms in total. The Balaban J connectivity index is 2.39. The summed E-state index contributed by atoms with van der Waals surface area (Å²) in [6.07, 6.45) is 1.86. The van der Waals surface area contributed by atoms with Crippen molar-refractivity contribution < 1.29 is 0 Å². The summed E-state index contributed by atoms with van der Waals surface area (Å²) in [5, 5.41) is 7.85. The molecule has 0 fully saturated rings. The number of nitrogens with two attached hydrogens (primary N) is 1. The highest BCUT2D eigenvalue weighted by Gasteiger charge is 2.11. The summed E-state index contributed by atoms with van der Waals surface area (Å²) in [6, 6.07) is 2.07. The molecule has 0 bridgehead atoms. The first-order valence-electron chi connectivity index (χ1n) is 5.04. The molecule has 2 aromatic rings. The van der Waals surface area contributed by atoms with E-state index in [4.69, 9.17) is 5.73 Å². The van der Waals surface area contributed by atoms with E-state index in [1.807, 2.05) is 6.92 Å². The number of nitrogen functional groups attached to an aromatic ring is 1. The van der Waals surface area contributed by atoms with E-state index in [2.05, 4.69) is 28.2 Å². The Morgan fingerprint density at radius 1 is 1.40 bits per heavy atom. The van der Waals surface area contributed by atoms with Gasteiger partial charge in [0.1, 0.15) is 5.82 Å². The van der Waals surface area contributed by atoms with Gasteiger partial charge in [0.15, 0.2) is 5.82 Å². The number of aromatic nitrogens is 3. The van der Waals surface area contributed by atoms with Gasteiger partial charge in [0.05, 0.1) is 10.6 Å². The predicted molar refractivity (Wildman–Crippen MR) is 62.9 cm³/mol. The zero-order valence-corrected chi connectivity index (χ0v) is 9.69. The van der Waals surface area contributed by atoms with Crippen LogP contribution < -0.4 is 5.73 Å². The quantitative estimate of drug-likeness (QED) is 0.837. The number of anilines is 1. The van der Waals surface area contributed by atoms with Gasteiger partial charge in [0.2, 0.25) is 0 Å². The molecule has 0 amide bonds. The molecule has 0 unspecified atom stereocenters. The number of rotatable bonds is 3. The molecule has 2 aromatic heterocycles. The van der Waals surface area contributed by atoms with Crippen molar-refractivity contribution in [3.63, 3.8) is 0 Å². The van der Waals surface area contributed by atoms with E-state index in [1.165, 1.54) is 4.88 Å². The van der Waals surface area contributed by atoms with Crippen molar-refractivity contribution >= 4 is 16.3 Å². The van der Waals surface area contributed by atoms with Crippen molar-refractivity contribution in [2.45, 2.75) is 26.7 Å². The molecule has 0 aliphatic heterocycles. The van der Waals surface area contributed by atoms with Crippen LogP contribution in [-0.4, -0.2) is 15.2 Å². The molecule has 0 saturated heterocycles. The summed E-state index contributed by atoms with van der Waals surface area (Å²) < 4.78 is 0. The Morgan fingerprint density at radius 3 is 2.73 bits per heavy atom. The highest BCUT2D eigenvalue weighted by Crippen LogP contribution is 2.32. The van der Waals surface area contributed by atoms with Gasteiger partial charge >= 0.3 is 0 Å². The van der Waals surface area contributed by atoms with Crippen LogP contribution in [0.5, 0.6) is 0 Å². The molecule has 0 aliphatic carbocycles. The molecular formula is C10H14N4S. The SMILES string of the molecule is CCc1nc(-c2cc(CC)sc2N)n[nH]1. The van der Waals surface area contributed by atoms with E-state index in [9.17, 15) is 0 Å². The molecule has 2 heterocycles. The third kappa shape index (κ3) is 1.87. The lowest BCUT2D eigenvalue weighted by molar-refractivity contribution is 0.946. The van der Waals surface area contributed by atoms with Gasteiger partial charge < -0.3 is 5.73 Å². The highest BCUT2D eigenvalue weighted by atomic mass is 32.1. The van der Waals surface area contributed by atoms with E-state index in [0.29, 0.717) is 5.82 Å². The Labute approximate surface area is 92.5 Å². The number of aromatic amines is 1. The van der Waals surface area contributed by atoms with Gasteiger partial charge in [-0.2, -0.15) is 5.10 Å². The summed E-state index contributed by atoms with van der Waals surface area (Å²) in [7, 11) is 0. The van der Waals surface area contributed by atoms with Gasteiger partial charge in [-0.25, -0.2) is 4.98 Å². The fraction of sp³-hybridized carbons (Fsp3) is 0.400. The Bertz CT molecular complexity index is 458. The van der Waals surface area contributed by atoms with Crippen molar-refractivity contribution in [3.05, 3.63) is 16.8 Å². The second kappa shape index (κ2) is 4.02. The van der Waals surface area contributed by atoms with E-state index in [0.717, 1.165) is 29.2 Å². The molecule has 0 atom stereocenters. The highest BCUT2D eigenvalue weighted by molar-refractivity contribution is 7.16. The first-order valence-corrected chi connectivity index (χ1v) is 5.86. The van der Waals surface area contributed by atoms with E-state index in [-0.39, 0.29) is 0 Å². The molecule has 15 heavy (non-hydrogen) atoms. The van der Waals surface area contributed by atoms with Crippen LogP contribution in [-0.2, 0) is 12.8 Å². The van der Waals surface area contributed by atoms with Gasteiger partial charge in [-0.05, 0) is 12.5 Å². The largest absolute Gasteiger partial charge is 0.390 e. The molecule has 0 aliphatic rings. The van der Waals surface area contributed by atoms with Crippen molar-refractivity contribution in [2.75, 3.05) is 5.73 Å². The zero-order chi connectivity index (χ0) is 10.8. The number of hydrogen-bond acceptors (Lipinski definition) is 4. The van der Waals surface area contributed by atoms with Crippen LogP contribution in [0.4, 0.5) is 5.00 Å². The third-order valence-corrected chi connectivity index (χ3v) is 3.38. The predicted octanol–water partition coefficient (Wildman–Crippen LogP) is 2.24. The summed E-state index contributed by atoms with van der Waals surface area (Å²) in [6.45, 7) is 4.16. The zero-order valence-electron chi connectivity index (χ0n) is 8.87. The lowest BCUT2D eigenvalue weighted by Gasteiger charge is -1.89. The average Bonchev–Trinajstić information content (AvgIpc) is 2.83. The summed E-state index contributed by atoms with van der Waals surface area (Å²) in [5.74, 6) is 1.61. The lowest BCUT2D eigenvalue weighted by atomic mass is 10.2. The molecule has 80 valence electrons. The number of hydrogen-bond donors (Lipinski definition) is 2. The first kappa shape index (κ1) is 10.2. The molecule has 0 saturated carbocycles. The van der Waals surface area contributed by atoms with Gasteiger partial charge in [-0.3, -0.25) is 5.10 Å². The normalized spacial score (nSPS) is 10.8. The fourth-order valence-corrected chi connectivity index (χ4v) is 2.24. The van der Waals surface area contributed by atoms with Crippen LogP contribution in [0.1, 0.15) is 24.5 Å². The minimum Gasteiger partial charge on any atom is -0.390 e. The Morgan fingerprint density at radius 2 is 2.20 bits per heavy atom. The smallest absolute Gasteiger partial charge is 0.184 e. The molecule has 5 heteroatoms. The number of nitrogens with one attached hydrogen (secondary N) is 1. The standard InChI is InChI=1S/C10H14N4S/c1-3-6-5-7(9(11)15-6)10-12-8(4-2)13-14-10/h5H,3-4,11H2,1-2H3,(H,12,13,14). The van der Waals surface area contributed by atoms with Crippen LogP contribution in [0.15, 0.2) is 6.07 Å². The van der Waals surface area contributed by atoms with Crippen LogP contribution in [0, 0.1) is 0 Å². The van der Waals surface area contributed by atoms with Gasteiger partial charge in [0, 0.05) is 11.3 Å². The van der Waals surface area contributed by atoms with E-state index in [1.54, 1.807) is 11.3 Å². The second-order valence-electron chi connectivity index (χ2n) is 3.30. The molecule has 0 radical (unpaired) electrons. The van der Waals surface area contributed by atoms with Gasteiger partial charge in [-0.1, -0.05) is 13.8 Å². The van der Waals surface area contributed by atoms with Crippen LogP contribution >= 0.6 is 11.3 Å². The van der Waals surface area contributed by atoms with Crippen molar-refractivity contribution in [3.8, 4) is 11.4 Å². The Kier molecular flexibility index (Phi) is 2.73. The van der Waals surface area contributed by atoms with Gasteiger partial charge in [0.25, 0.3) is 0 Å². The number of aryl methyl sites for hydroxylation is 2. The second-order valence-corrected chi connectivity index (χ2v) is 4.47. The minimum absolute atomic E-state index is 0.709. The molecular weight excluding hydrogens is 208 g/mol. The first-order chi connectivity index (χ1) is 7.24. The van der Waals surface area contributed by atoms with E-state index >= 15 is 0 Å². The van der Waals surface area contributed by atoms with Crippen molar-refractivity contribution in [2.24, 2.45) is 0 Å². The van der Waals surface area contributed by atoms with Crippen molar-refractivity contribution in [1.82, 2.24) is 15.2 Å². The minimum atomic E-state index is 0.709. The van der Waals surface area contributed by atoms with Crippen LogP contribution in [0.2, 0.25) is 0 Å². The summed E-state index contributed by atoms with van der Waals surface area (Å²) in [5.41, 5.74) is 6.88. The van der Waals surface area contributed by atoms with E-state index < -0.39 is 0 Å². The monoisotopic (exact) mass is 222 g/mol. The summed E-state index contributed by atoms with van der Waals surface area (Å²) in [4.78, 5) is 5.64. The number of nitrogens with zero attached hydrogens (tertiary/aromatic N) is 2. The van der Waals surface area contributed by atoms with Crippen LogP contribution in [0.3, 0.4) is 0 Å². The molecule has 2 rings (SSSR count).